The molecule has 2 fully saturated rings. The summed E-state index contributed by atoms with van der Waals surface area (Å²) in [4.78, 5) is 2.31. The predicted octanol–water partition coefficient (Wildman–Crippen LogP) is 2.20. The lowest BCUT2D eigenvalue weighted by Crippen LogP contribution is -2.71. The molecule has 120 valence electrons. The monoisotopic (exact) mass is 303 g/mol. The second-order valence-corrected chi connectivity index (χ2v) is 7.31. The molecule has 1 aromatic rings. The minimum atomic E-state index is -0.727. The number of ether oxygens (including phenoxy) is 1. The van der Waals surface area contributed by atoms with E-state index in [-0.39, 0.29) is 17.2 Å². The predicted molar refractivity (Wildman–Crippen MR) is 84.5 cm³/mol. The van der Waals surface area contributed by atoms with Gasteiger partial charge in [0, 0.05) is 17.0 Å². The van der Waals surface area contributed by atoms with Gasteiger partial charge in [-0.2, -0.15) is 0 Å². The van der Waals surface area contributed by atoms with Crippen LogP contribution >= 0.6 is 0 Å². The molecule has 1 aromatic carbocycles. The summed E-state index contributed by atoms with van der Waals surface area (Å²) in [5.74, 6) is 0.779. The van der Waals surface area contributed by atoms with Crippen molar-refractivity contribution in [3.63, 3.8) is 0 Å². The van der Waals surface area contributed by atoms with E-state index in [9.17, 15) is 10.2 Å². The van der Waals surface area contributed by atoms with Gasteiger partial charge in [0.25, 0.3) is 0 Å². The lowest BCUT2D eigenvalue weighted by Gasteiger charge is -2.63. The van der Waals surface area contributed by atoms with Crippen LogP contribution in [0.25, 0.3) is 0 Å². The maximum atomic E-state index is 11.7. The number of likely N-dealkylation sites (tertiary alicyclic amines) is 1. The Hall–Kier alpha value is -1.26. The van der Waals surface area contributed by atoms with Gasteiger partial charge in [-0.1, -0.05) is 18.9 Å². The van der Waals surface area contributed by atoms with Crippen LogP contribution in [0, 0.1) is 0 Å². The summed E-state index contributed by atoms with van der Waals surface area (Å²) in [6, 6.07) is 4.09. The highest BCUT2D eigenvalue weighted by molar-refractivity contribution is 5.58. The molecule has 2 bridgehead atoms. The first-order chi connectivity index (χ1) is 10.5. The molecule has 0 unspecified atom stereocenters. The first kappa shape index (κ1) is 14.3. The van der Waals surface area contributed by atoms with Crippen LogP contribution < -0.4 is 4.74 Å². The van der Waals surface area contributed by atoms with E-state index in [4.69, 9.17) is 4.74 Å². The molecular formula is C18H25NO3. The summed E-state index contributed by atoms with van der Waals surface area (Å²) in [7, 11) is 3.71. The van der Waals surface area contributed by atoms with Gasteiger partial charge in [0.2, 0.25) is 0 Å². The molecule has 1 aliphatic heterocycles. The van der Waals surface area contributed by atoms with E-state index >= 15 is 0 Å². The van der Waals surface area contributed by atoms with Crippen LogP contribution in [0.1, 0.15) is 43.2 Å². The highest BCUT2D eigenvalue weighted by Crippen LogP contribution is 2.60. The van der Waals surface area contributed by atoms with Crippen molar-refractivity contribution in [3.8, 4) is 11.5 Å². The number of rotatable bonds is 1. The van der Waals surface area contributed by atoms with Gasteiger partial charge in [0.15, 0.2) is 11.5 Å². The van der Waals surface area contributed by atoms with Gasteiger partial charge in [0.1, 0.15) is 0 Å². The van der Waals surface area contributed by atoms with E-state index in [1.54, 1.807) is 7.11 Å². The number of hydrogen-bond donors (Lipinski definition) is 2. The Labute approximate surface area is 131 Å². The van der Waals surface area contributed by atoms with Gasteiger partial charge < -0.3 is 19.8 Å². The second-order valence-electron chi connectivity index (χ2n) is 7.31. The number of fused-ring (bicyclic) bond motifs is 1. The normalized spacial score (nSPS) is 37.3. The van der Waals surface area contributed by atoms with E-state index < -0.39 is 5.60 Å². The van der Waals surface area contributed by atoms with Crippen molar-refractivity contribution in [3.05, 3.63) is 23.3 Å². The van der Waals surface area contributed by atoms with E-state index in [0.717, 1.165) is 50.6 Å². The van der Waals surface area contributed by atoms with Crippen LogP contribution in [0.4, 0.5) is 0 Å². The Morgan fingerprint density at radius 3 is 2.77 bits per heavy atom. The molecule has 4 rings (SSSR count). The Bertz CT molecular complexity index is 617. The quantitative estimate of drug-likeness (QED) is 0.835. The number of hydrogen-bond acceptors (Lipinski definition) is 4. The fourth-order valence-corrected chi connectivity index (χ4v) is 5.47. The number of benzene rings is 1. The number of phenols is 1. The minimum absolute atomic E-state index is 0.154. The number of aliphatic hydroxyl groups is 1. The highest BCUT2D eigenvalue weighted by atomic mass is 16.5. The highest BCUT2D eigenvalue weighted by Gasteiger charge is 2.63. The first-order valence-electron chi connectivity index (χ1n) is 8.35. The smallest absolute Gasteiger partial charge is 0.161 e. The lowest BCUT2D eigenvalue weighted by atomic mass is 9.49. The zero-order valence-electron chi connectivity index (χ0n) is 13.4. The van der Waals surface area contributed by atoms with Gasteiger partial charge >= 0.3 is 0 Å². The number of phenolic OH excluding ortho intramolecular Hbond substituents is 1. The van der Waals surface area contributed by atoms with Crippen molar-refractivity contribution in [1.29, 1.82) is 0 Å². The van der Waals surface area contributed by atoms with Crippen molar-refractivity contribution in [2.75, 3.05) is 20.7 Å². The number of likely N-dealkylation sites (N-methyl/N-ethyl adjacent to an activating group) is 1. The SMILES string of the molecule is COc1ccc2c(c1O)[C@@]13CCCC[C@@]1(O)[C@H](C2)N(C)CC3. The summed E-state index contributed by atoms with van der Waals surface area (Å²) >= 11 is 0. The summed E-state index contributed by atoms with van der Waals surface area (Å²) in [5, 5.41) is 22.5. The molecule has 0 aromatic heterocycles. The number of piperidine rings is 1. The molecule has 3 aliphatic rings. The number of aromatic hydroxyl groups is 1. The third-order valence-corrected chi connectivity index (χ3v) is 6.55. The van der Waals surface area contributed by atoms with E-state index in [0.29, 0.717) is 5.75 Å². The van der Waals surface area contributed by atoms with Crippen molar-refractivity contribution in [2.24, 2.45) is 0 Å². The average molecular weight is 303 g/mol. The fraction of sp³-hybridized carbons (Fsp3) is 0.667. The van der Waals surface area contributed by atoms with E-state index in [2.05, 4.69) is 18.0 Å². The standard InChI is InChI=1S/C18H25NO3/c1-19-10-9-17-7-3-4-8-18(17,21)14(19)11-12-5-6-13(22-2)16(20)15(12)17/h5-6,14,20-21H,3-4,7-11H2,1-2H3/t14-,17-,18+/m0/s1. The zero-order chi connectivity index (χ0) is 15.5. The molecule has 2 aliphatic carbocycles. The van der Waals surface area contributed by atoms with E-state index in [1.165, 1.54) is 5.56 Å². The lowest BCUT2D eigenvalue weighted by molar-refractivity contribution is -0.161. The Balaban J connectivity index is 1.99. The molecule has 4 nitrogen and oxygen atoms in total. The Kier molecular flexibility index (Phi) is 3.01. The van der Waals surface area contributed by atoms with Crippen molar-refractivity contribution in [1.82, 2.24) is 4.90 Å². The Morgan fingerprint density at radius 1 is 1.23 bits per heavy atom. The van der Waals surface area contributed by atoms with Crippen LogP contribution in [-0.4, -0.2) is 47.5 Å². The van der Waals surface area contributed by atoms with E-state index in [1.807, 2.05) is 6.07 Å². The molecular weight excluding hydrogens is 278 g/mol. The fourth-order valence-electron chi connectivity index (χ4n) is 5.47. The molecule has 2 N–H and O–H groups in total. The van der Waals surface area contributed by atoms with Crippen LogP contribution in [0.3, 0.4) is 0 Å². The molecule has 1 heterocycles. The Morgan fingerprint density at radius 2 is 2.00 bits per heavy atom. The average Bonchev–Trinajstić information content (AvgIpc) is 2.51. The topological polar surface area (TPSA) is 52.9 Å². The third kappa shape index (κ3) is 1.55. The largest absolute Gasteiger partial charge is 0.504 e. The number of nitrogens with zero attached hydrogens (tertiary/aromatic N) is 1. The van der Waals surface area contributed by atoms with Gasteiger partial charge in [0.05, 0.1) is 12.7 Å². The van der Waals surface area contributed by atoms with Crippen LogP contribution in [0.2, 0.25) is 0 Å². The van der Waals surface area contributed by atoms with Gasteiger partial charge in [-0.25, -0.2) is 0 Å². The minimum Gasteiger partial charge on any atom is -0.504 e. The van der Waals surface area contributed by atoms with Crippen molar-refractivity contribution in [2.45, 2.75) is 55.6 Å². The molecule has 0 amide bonds. The van der Waals surface area contributed by atoms with Crippen LogP contribution in [0.5, 0.6) is 11.5 Å². The molecule has 3 atom stereocenters. The first-order valence-corrected chi connectivity index (χ1v) is 8.35. The second kappa shape index (κ2) is 4.62. The third-order valence-electron chi connectivity index (χ3n) is 6.55. The molecule has 0 spiro atoms. The molecule has 22 heavy (non-hydrogen) atoms. The summed E-state index contributed by atoms with van der Waals surface area (Å²) in [6.45, 7) is 0.975. The van der Waals surface area contributed by atoms with Crippen molar-refractivity contribution < 1.29 is 14.9 Å². The summed E-state index contributed by atoms with van der Waals surface area (Å²) < 4.78 is 5.34. The molecule has 4 heteroatoms. The number of methoxy groups -OCH3 is 1. The maximum absolute atomic E-state index is 11.7. The van der Waals surface area contributed by atoms with Gasteiger partial charge in [-0.05, 0) is 50.9 Å². The van der Waals surface area contributed by atoms with Crippen molar-refractivity contribution >= 4 is 0 Å². The maximum Gasteiger partial charge on any atom is 0.161 e. The van der Waals surface area contributed by atoms with Gasteiger partial charge in [-0.15, -0.1) is 0 Å². The van der Waals surface area contributed by atoms with Gasteiger partial charge in [-0.3, -0.25) is 0 Å². The molecule has 0 radical (unpaired) electrons. The summed E-state index contributed by atoms with van der Waals surface area (Å²) in [6.07, 6.45) is 5.70. The molecule has 1 saturated carbocycles. The van der Waals surface area contributed by atoms with Crippen LogP contribution in [-0.2, 0) is 11.8 Å². The van der Waals surface area contributed by atoms with Crippen LogP contribution in [0.15, 0.2) is 12.1 Å². The molecule has 1 saturated heterocycles. The summed E-state index contributed by atoms with van der Waals surface area (Å²) in [5.41, 5.74) is 1.11. The zero-order valence-corrected chi connectivity index (χ0v) is 13.4.